The van der Waals surface area contributed by atoms with Gasteiger partial charge in [-0.1, -0.05) is 0 Å². The lowest BCUT2D eigenvalue weighted by molar-refractivity contribution is 0.347. The van der Waals surface area contributed by atoms with E-state index in [1.54, 1.807) is 0 Å². The van der Waals surface area contributed by atoms with E-state index in [-0.39, 0.29) is 0 Å². The minimum atomic E-state index is 0.749. The highest BCUT2D eigenvalue weighted by Crippen LogP contribution is 2.11. The first kappa shape index (κ1) is 11.6. The minimum absolute atomic E-state index is 0.749. The van der Waals surface area contributed by atoms with Crippen LogP contribution in [0.2, 0.25) is 0 Å². The van der Waals surface area contributed by atoms with E-state index < -0.39 is 0 Å². The predicted octanol–water partition coefficient (Wildman–Crippen LogP) is 1.38. The zero-order chi connectivity index (χ0) is 11.4. The van der Waals surface area contributed by atoms with Crippen LogP contribution < -0.4 is 10.6 Å². The Morgan fingerprint density at radius 1 is 1.38 bits per heavy atom. The first-order valence-corrected chi connectivity index (χ1v) is 6.10. The normalized spacial score (nSPS) is 17.9. The molecule has 1 saturated heterocycles. The van der Waals surface area contributed by atoms with Gasteiger partial charge in [0.15, 0.2) is 0 Å². The number of aryl methyl sites for hydroxylation is 2. The fraction of sp³-hybridized carbons (Fsp3) is 0.750. The number of nitrogens with one attached hydrogen (secondary N) is 2. The Hall–Kier alpha value is -0.870. The second-order valence-corrected chi connectivity index (χ2v) is 4.57. The van der Waals surface area contributed by atoms with Gasteiger partial charge in [0.1, 0.15) is 5.76 Å². The molecule has 1 fully saturated rings. The van der Waals surface area contributed by atoms with Crippen LogP contribution in [0.25, 0.3) is 0 Å². The van der Waals surface area contributed by atoms with Crippen molar-refractivity contribution >= 4 is 0 Å². The van der Waals surface area contributed by atoms with Crippen LogP contribution in [0.3, 0.4) is 0 Å². The number of hydrogen-bond donors (Lipinski definition) is 2. The molecule has 0 unspecified atom stereocenters. The third kappa shape index (κ3) is 3.06. The summed E-state index contributed by atoms with van der Waals surface area (Å²) < 4.78 is 5.52. The van der Waals surface area contributed by atoms with Gasteiger partial charge >= 0.3 is 0 Å². The molecule has 1 aliphatic heterocycles. The van der Waals surface area contributed by atoms with Gasteiger partial charge in [-0.05, 0) is 52.2 Å². The molecule has 90 valence electrons. The van der Waals surface area contributed by atoms with Crippen LogP contribution >= 0.6 is 0 Å². The molecule has 1 aliphatic rings. The molecule has 0 radical (unpaired) electrons. The molecule has 0 amide bonds. The van der Waals surface area contributed by atoms with Crippen LogP contribution in [-0.2, 0) is 6.54 Å². The van der Waals surface area contributed by atoms with Crippen molar-refractivity contribution in [2.24, 2.45) is 5.92 Å². The molecule has 2 rings (SSSR count). The summed E-state index contributed by atoms with van der Waals surface area (Å²) in [5.41, 5.74) is 0.999. The van der Waals surface area contributed by atoms with Gasteiger partial charge in [-0.15, -0.1) is 0 Å². The average molecular weight is 223 g/mol. The Morgan fingerprint density at radius 2 is 2.12 bits per heavy atom. The van der Waals surface area contributed by atoms with E-state index in [1.807, 2.05) is 13.8 Å². The van der Waals surface area contributed by atoms with Gasteiger partial charge in [0, 0.05) is 0 Å². The van der Waals surface area contributed by atoms with Crippen LogP contribution in [0.15, 0.2) is 4.42 Å². The molecular formula is C12H21N3O. The fourth-order valence-electron chi connectivity index (χ4n) is 2.08. The molecule has 0 spiro atoms. The van der Waals surface area contributed by atoms with Gasteiger partial charge in [-0.25, -0.2) is 4.98 Å². The third-order valence-electron chi connectivity index (χ3n) is 3.24. The Bertz CT molecular complexity index is 310. The summed E-state index contributed by atoms with van der Waals surface area (Å²) >= 11 is 0. The summed E-state index contributed by atoms with van der Waals surface area (Å²) in [6.45, 7) is 8.07. The quantitative estimate of drug-likeness (QED) is 0.809. The number of oxazole rings is 1. The second-order valence-electron chi connectivity index (χ2n) is 4.57. The standard InChI is InChI=1S/C12H21N3O/c1-9-10(2)16-12(15-9)8-14-7-11-3-5-13-6-4-11/h11,13-14H,3-8H2,1-2H3. The maximum absolute atomic E-state index is 5.52. The smallest absolute Gasteiger partial charge is 0.208 e. The summed E-state index contributed by atoms with van der Waals surface area (Å²) in [7, 11) is 0. The van der Waals surface area contributed by atoms with E-state index in [0.717, 1.165) is 49.4 Å². The van der Waals surface area contributed by atoms with Crippen LogP contribution in [-0.4, -0.2) is 24.6 Å². The van der Waals surface area contributed by atoms with Crippen molar-refractivity contribution in [2.75, 3.05) is 19.6 Å². The first-order chi connectivity index (χ1) is 7.75. The molecule has 0 bridgehead atoms. The summed E-state index contributed by atoms with van der Waals surface area (Å²) in [6.07, 6.45) is 2.55. The van der Waals surface area contributed by atoms with Crippen molar-refractivity contribution < 1.29 is 4.42 Å². The SMILES string of the molecule is Cc1nc(CNCC2CCNCC2)oc1C. The number of piperidine rings is 1. The van der Waals surface area contributed by atoms with Gasteiger partial charge in [-0.3, -0.25) is 0 Å². The van der Waals surface area contributed by atoms with E-state index in [2.05, 4.69) is 15.6 Å². The second kappa shape index (κ2) is 5.46. The molecule has 2 N–H and O–H groups in total. The zero-order valence-corrected chi connectivity index (χ0v) is 10.2. The third-order valence-corrected chi connectivity index (χ3v) is 3.24. The largest absolute Gasteiger partial charge is 0.444 e. The predicted molar refractivity (Wildman–Crippen MR) is 63.3 cm³/mol. The Kier molecular flexibility index (Phi) is 3.96. The van der Waals surface area contributed by atoms with Gasteiger partial charge in [0.05, 0.1) is 12.2 Å². The van der Waals surface area contributed by atoms with Gasteiger partial charge < -0.3 is 15.1 Å². The lowest BCUT2D eigenvalue weighted by Crippen LogP contribution is -2.33. The lowest BCUT2D eigenvalue weighted by Gasteiger charge is -2.22. The van der Waals surface area contributed by atoms with Crippen LogP contribution in [0.4, 0.5) is 0 Å². The lowest BCUT2D eigenvalue weighted by atomic mass is 9.98. The maximum atomic E-state index is 5.52. The summed E-state index contributed by atoms with van der Waals surface area (Å²) in [6, 6.07) is 0. The molecule has 0 atom stereocenters. The highest BCUT2D eigenvalue weighted by atomic mass is 16.4. The molecule has 1 aromatic rings. The van der Waals surface area contributed by atoms with Gasteiger partial charge in [0.25, 0.3) is 0 Å². The molecule has 1 aromatic heterocycles. The first-order valence-electron chi connectivity index (χ1n) is 6.10. The average Bonchev–Trinajstić information content (AvgIpc) is 2.60. The van der Waals surface area contributed by atoms with E-state index in [1.165, 1.54) is 12.8 Å². The number of hydrogen-bond acceptors (Lipinski definition) is 4. The van der Waals surface area contributed by atoms with E-state index in [9.17, 15) is 0 Å². The Morgan fingerprint density at radius 3 is 2.75 bits per heavy atom. The molecule has 0 saturated carbocycles. The topological polar surface area (TPSA) is 50.1 Å². The molecule has 4 nitrogen and oxygen atoms in total. The minimum Gasteiger partial charge on any atom is -0.444 e. The van der Waals surface area contributed by atoms with Crippen LogP contribution in [0.5, 0.6) is 0 Å². The summed E-state index contributed by atoms with van der Waals surface area (Å²) in [4.78, 5) is 4.35. The Balaban J connectivity index is 1.71. The highest BCUT2D eigenvalue weighted by molar-refractivity contribution is 5.05. The van der Waals surface area contributed by atoms with E-state index in [0.29, 0.717) is 0 Å². The molecule has 4 heteroatoms. The molecule has 2 heterocycles. The zero-order valence-electron chi connectivity index (χ0n) is 10.2. The van der Waals surface area contributed by atoms with Crippen LogP contribution in [0, 0.1) is 19.8 Å². The van der Waals surface area contributed by atoms with Crippen molar-refractivity contribution in [1.29, 1.82) is 0 Å². The van der Waals surface area contributed by atoms with Crippen molar-refractivity contribution in [2.45, 2.75) is 33.2 Å². The summed E-state index contributed by atoms with van der Waals surface area (Å²) in [5, 5.41) is 6.80. The van der Waals surface area contributed by atoms with Crippen molar-refractivity contribution in [3.63, 3.8) is 0 Å². The Labute approximate surface area is 96.8 Å². The number of rotatable bonds is 4. The van der Waals surface area contributed by atoms with Crippen molar-refractivity contribution in [3.05, 3.63) is 17.3 Å². The molecule has 0 aliphatic carbocycles. The fourth-order valence-corrected chi connectivity index (χ4v) is 2.08. The molecule has 0 aromatic carbocycles. The van der Waals surface area contributed by atoms with E-state index >= 15 is 0 Å². The molecule has 16 heavy (non-hydrogen) atoms. The van der Waals surface area contributed by atoms with Gasteiger partial charge in [0.2, 0.25) is 5.89 Å². The highest BCUT2D eigenvalue weighted by Gasteiger charge is 2.12. The monoisotopic (exact) mass is 223 g/mol. The maximum Gasteiger partial charge on any atom is 0.208 e. The summed E-state index contributed by atoms with van der Waals surface area (Å²) in [5.74, 6) is 2.54. The van der Waals surface area contributed by atoms with E-state index in [4.69, 9.17) is 4.42 Å². The number of nitrogens with zero attached hydrogens (tertiary/aromatic N) is 1. The molecular weight excluding hydrogens is 202 g/mol. The van der Waals surface area contributed by atoms with Crippen molar-refractivity contribution in [3.8, 4) is 0 Å². The van der Waals surface area contributed by atoms with Crippen molar-refractivity contribution in [1.82, 2.24) is 15.6 Å². The van der Waals surface area contributed by atoms with Gasteiger partial charge in [-0.2, -0.15) is 0 Å². The number of aromatic nitrogens is 1. The van der Waals surface area contributed by atoms with Crippen LogP contribution in [0.1, 0.15) is 30.2 Å².